The van der Waals surface area contributed by atoms with Crippen molar-refractivity contribution in [3.63, 3.8) is 0 Å². The van der Waals surface area contributed by atoms with Gasteiger partial charge in [0.05, 0.1) is 24.1 Å². The molecule has 1 aromatic heterocycles. The number of nitrogens with zero attached hydrogens (tertiary/aromatic N) is 1. The van der Waals surface area contributed by atoms with Crippen molar-refractivity contribution < 1.29 is 14.6 Å². The van der Waals surface area contributed by atoms with Crippen molar-refractivity contribution in [3.8, 4) is 5.75 Å². The summed E-state index contributed by atoms with van der Waals surface area (Å²) in [6.45, 7) is 2.58. The van der Waals surface area contributed by atoms with Crippen molar-refractivity contribution in [2.45, 2.75) is 44.2 Å². The Morgan fingerprint density at radius 2 is 2.10 bits per heavy atom. The van der Waals surface area contributed by atoms with Gasteiger partial charge in [0.15, 0.2) is 0 Å². The molecule has 0 radical (unpaired) electrons. The van der Waals surface area contributed by atoms with Crippen LogP contribution in [0.25, 0.3) is 0 Å². The number of pyridine rings is 1. The Balaban J connectivity index is 1.74. The minimum Gasteiger partial charge on any atom is -0.489 e. The summed E-state index contributed by atoms with van der Waals surface area (Å²) in [7, 11) is 1.69. The molecular formula is C16H26N2O3. The summed E-state index contributed by atoms with van der Waals surface area (Å²) >= 11 is 0. The normalized spacial score (nSPS) is 17.6. The Hall–Kier alpha value is -1.17. The van der Waals surface area contributed by atoms with Crippen LogP contribution in [0.1, 0.15) is 37.8 Å². The lowest BCUT2D eigenvalue weighted by Gasteiger charge is -2.31. The molecule has 1 heterocycles. The van der Waals surface area contributed by atoms with Crippen molar-refractivity contribution in [2.75, 3.05) is 26.9 Å². The molecule has 1 fully saturated rings. The fraction of sp³-hybridized carbons (Fsp3) is 0.688. The van der Waals surface area contributed by atoms with Crippen LogP contribution < -0.4 is 10.1 Å². The van der Waals surface area contributed by atoms with E-state index in [2.05, 4.69) is 10.3 Å². The van der Waals surface area contributed by atoms with E-state index in [9.17, 15) is 5.11 Å². The standard InChI is InChI=1S/C16H26N2O3/c1-20-10-9-17-11-14-5-6-15(12-18-14)21-13-16(19)7-3-2-4-8-16/h5-6,12,17,19H,2-4,7-11,13H2,1H3. The number of nitrogens with one attached hydrogen (secondary N) is 1. The van der Waals surface area contributed by atoms with Crippen LogP contribution in [-0.2, 0) is 11.3 Å². The van der Waals surface area contributed by atoms with E-state index in [4.69, 9.17) is 9.47 Å². The Morgan fingerprint density at radius 3 is 2.76 bits per heavy atom. The highest BCUT2D eigenvalue weighted by molar-refractivity contribution is 5.20. The maximum atomic E-state index is 10.4. The lowest BCUT2D eigenvalue weighted by Crippen LogP contribution is -2.37. The second kappa shape index (κ2) is 8.32. The van der Waals surface area contributed by atoms with Crippen LogP contribution in [0, 0.1) is 0 Å². The highest BCUT2D eigenvalue weighted by Gasteiger charge is 2.29. The zero-order chi connectivity index (χ0) is 15.0. The summed E-state index contributed by atoms with van der Waals surface area (Å²) in [6, 6.07) is 3.85. The molecule has 1 aliphatic rings. The second-order valence-electron chi connectivity index (χ2n) is 5.73. The number of aromatic nitrogens is 1. The van der Waals surface area contributed by atoms with Crippen LogP contribution in [0.2, 0.25) is 0 Å². The van der Waals surface area contributed by atoms with Crippen molar-refractivity contribution in [3.05, 3.63) is 24.0 Å². The molecule has 0 spiro atoms. The smallest absolute Gasteiger partial charge is 0.137 e. The quantitative estimate of drug-likeness (QED) is 0.717. The van der Waals surface area contributed by atoms with E-state index >= 15 is 0 Å². The molecule has 0 atom stereocenters. The molecule has 0 aromatic carbocycles. The minimum atomic E-state index is -0.654. The van der Waals surface area contributed by atoms with Gasteiger partial charge in [-0.25, -0.2) is 0 Å². The summed E-state index contributed by atoms with van der Waals surface area (Å²) in [6.07, 6.45) is 6.78. The third-order valence-corrected chi connectivity index (χ3v) is 3.88. The van der Waals surface area contributed by atoms with Gasteiger partial charge in [-0.05, 0) is 25.0 Å². The Kier molecular flexibility index (Phi) is 6.42. The molecule has 1 aromatic rings. The van der Waals surface area contributed by atoms with E-state index in [1.165, 1.54) is 6.42 Å². The Morgan fingerprint density at radius 1 is 1.29 bits per heavy atom. The Bertz CT molecular complexity index is 402. The van der Waals surface area contributed by atoms with E-state index in [1.807, 2.05) is 12.1 Å². The van der Waals surface area contributed by atoms with Gasteiger partial charge in [0.25, 0.3) is 0 Å². The van der Waals surface area contributed by atoms with E-state index in [1.54, 1.807) is 13.3 Å². The highest BCUT2D eigenvalue weighted by atomic mass is 16.5. The number of hydrogen-bond acceptors (Lipinski definition) is 5. The predicted octanol–water partition coefficient (Wildman–Crippen LogP) is 1.89. The van der Waals surface area contributed by atoms with E-state index in [-0.39, 0.29) is 0 Å². The molecule has 5 nitrogen and oxygen atoms in total. The lowest BCUT2D eigenvalue weighted by molar-refractivity contribution is -0.0339. The molecule has 1 saturated carbocycles. The fourth-order valence-corrected chi connectivity index (χ4v) is 2.56. The van der Waals surface area contributed by atoms with Gasteiger partial charge in [-0.1, -0.05) is 19.3 Å². The number of hydrogen-bond donors (Lipinski definition) is 2. The third-order valence-electron chi connectivity index (χ3n) is 3.88. The monoisotopic (exact) mass is 294 g/mol. The number of aliphatic hydroxyl groups is 1. The van der Waals surface area contributed by atoms with Gasteiger partial charge in [0.2, 0.25) is 0 Å². The van der Waals surface area contributed by atoms with Crippen molar-refractivity contribution >= 4 is 0 Å². The van der Waals surface area contributed by atoms with Gasteiger partial charge < -0.3 is 19.9 Å². The van der Waals surface area contributed by atoms with Gasteiger partial charge in [0, 0.05) is 20.2 Å². The molecule has 21 heavy (non-hydrogen) atoms. The first-order valence-corrected chi connectivity index (χ1v) is 7.72. The van der Waals surface area contributed by atoms with Crippen LogP contribution >= 0.6 is 0 Å². The largest absolute Gasteiger partial charge is 0.489 e. The molecule has 0 aliphatic heterocycles. The first-order valence-electron chi connectivity index (χ1n) is 7.72. The number of ether oxygens (including phenoxy) is 2. The predicted molar refractivity (Wildman–Crippen MR) is 81.3 cm³/mol. The van der Waals surface area contributed by atoms with Gasteiger partial charge in [-0.15, -0.1) is 0 Å². The average molecular weight is 294 g/mol. The maximum absolute atomic E-state index is 10.4. The van der Waals surface area contributed by atoms with Crippen LogP contribution in [-0.4, -0.2) is 42.6 Å². The van der Waals surface area contributed by atoms with Gasteiger partial charge in [0.1, 0.15) is 12.4 Å². The fourth-order valence-electron chi connectivity index (χ4n) is 2.56. The molecule has 1 aliphatic carbocycles. The molecule has 0 bridgehead atoms. The van der Waals surface area contributed by atoms with E-state index in [0.29, 0.717) is 19.8 Å². The van der Waals surface area contributed by atoms with Crippen molar-refractivity contribution in [1.82, 2.24) is 10.3 Å². The summed E-state index contributed by atoms with van der Waals surface area (Å²) < 4.78 is 10.7. The topological polar surface area (TPSA) is 63.6 Å². The molecule has 118 valence electrons. The maximum Gasteiger partial charge on any atom is 0.137 e. The van der Waals surface area contributed by atoms with Crippen molar-refractivity contribution in [2.24, 2.45) is 0 Å². The van der Waals surface area contributed by atoms with Crippen LogP contribution in [0.5, 0.6) is 5.75 Å². The lowest BCUT2D eigenvalue weighted by atomic mass is 9.86. The molecule has 0 saturated heterocycles. The van der Waals surface area contributed by atoms with Crippen LogP contribution in [0.4, 0.5) is 0 Å². The van der Waals surface area contributed by atoms with E-state index in [0.717, 1.165) is 43.7 Å². The molecule has 2 rings (SSSR count). The minimum absolute atomic E-state index is 0.361. The molecule has 5 heteroatoms. The molecule has 0 unspecified atom stereocenters. The molecule has 2 N–H and O–H groups in total. The third kappa shape index (κ3) is 5.61. The van der Waals surface area contributed by atoms with Gasteiger partial charge in [-0.3, -0.25) is 4.98 Å². The van der Waals surface area contributed by atoms with Crippen LogP contribution in [0.15, 0.2) is 18.3 Å². The molecule has 0 amide bonds. The van der Waals surface area contributed by atoms with Crippen LogP contribution in [0.3, 0.4) is 0 Å². The zero-order valence-electron chi connectivity index (χ0n) is 12.8. The Labute approximate surface area is 126 Å². The SMILES string of the molecule is COCCNCc1ccc(OCC2(O)CCCCC2)cn1. The van der Waals surface area contributed by atoms with Gasteiger partial charge >= 0.3 is 0 Å². The van der Waals surface area contributed by atoms with Gasteiger partial charge in [-0.2, -0.15) is 0 Å². The first-order chi connectivity index (χ1) is 10.2. The summed E-state index contributed by atoms with van der Waals surface area (Å²) in [4.78, 5) is 4.35. The van der Waals surface area contributed by atoms with E-state index < -0.39 is 5.60 Å². The number of rotatable bonds is 8. The highest BCUT2D eigenvalue weighted by Crippen LogP contribution is 2.28. The molecular weight excluding hydrogens is 268 g/mol. The van der Waals surface area contributed by atoms with Crippen molar-refractivity contribution in [1.29, 1.82) is 0 Å². The zero-order valence-corrected chi connectivity index (χ0v) is 12.8. The second-order valence-corrected chi connectivity index (χ2v) is 5.73. The summed E-state index contributed by atoms with van der Waals surface area (Å²) in [5, 5.41) is 13.6. The number of methoxy groups -OCH3 is 1. The average Bonchev–Trinajstić information content (AvgIpc) is 2.52. The summed E-state index contributed by atoms with van der Waals surface area (Å²) in [5.41, 5.74) is 0.313. The first kappa shape index (κ1) is 16.2. The summed E-state index contributed by atoms with van der Waals surface area (Å²) in [5.74, 6) is 0.717.